The van der Waals surface area contributed by atoms with Gasteiger partial charge < -0.3 is 138 Å². The highest BCUT2D eigenvalue weighted by Crippen LogP contribution is 2.38. The van der Waals surface area contributed by atoms with E-state index in [1.807, 2.05) is 0 Å². The molecule has 0 aliphatic carbocycles. The van der Waals surface area contributed by atoms with Crippen molar-refractivity contribution in [3.05, 3.63) is 0 Å². The van der Waals surface area contributed by atoms with Gasteiger partial charge in [0.25, 0.3) is 0 Å². The third kappa shape index (κ3) is 23.2. The van der Waals surface area contributed by atoms with Gasteiger partial charge in [0.05, 0.1) is 43.2 Å². The molecule has 0 radical (unpaired) electrons. The van der Waals surface area contributed by atoms with E-state index >= 15 is 0 Å². The molecule has 0 amide bonds. The molecule has 0 aromatic carbocycles. The third-order valence-electron chi connectivity index (χ3n) is 20.2. The Kier molecular flexibility index (Phi) is 35.3. The van der Waals surface area contributed by atoms with Gasteiger partial charge in [-0.05, 0) is 66.2 Å². The Morgan fingerprint density at radius 1 is 0.439 bits per heavy atom. The standard InChI is InChI=1S/C68H120O30/c1-7-9-21-27-39(90-64-59(53(80)47(74)36(4)87-64)97-67-61(55(82)49(76)41(33-69)92-67)95-63-57(84)51(78)45(72)35(3)86-63)29-23-17-13-11-15-19-25-31-43(70)85-34-42-50(77)56(83)62-68(93-42)98-60-54(81)48(75)37(5)88-65(60)91-40(28-22-10-8-2)30-24-18-14-12-16-20-26-32-44(71)94-58-52(79)46(73)38(6)89-66(58)96-62/h35-42,45-69,72-84H,7-34H2,1-6H3/t35-,36-,37-,38-,39-,40+,41-,42-,45-,46-,47+,48+,49-,50-,51+,52+,53+,54+,55+,56+,57-,58-,59-,60-,61-,62-,63+,64+,65+,66+,67+,68+/m1/s1. The van der Waals surface area contributed by atoms with E-state index in [2.05, 4.69) is 13.8 Å². The fourth-order valence-electron chi connectivity index (χ4n) is 13.8. The van der Waals surface area contributed by atoms with Crippen molar-refractivity contribution < 1.29 is 147 Å². The maximum Gasteiger partial charge on any atom is 0.306 e. The molecule has 0 bridgehead atoms. The van der Waals surface area contributed by atoms with E-state index in [4.69, 9.17) is 66.3 Å². The van der Waals surface area contributed by atoms with Crippen LogP contribution in [0.4, 0.5) is 0 Å². The first-order valence-corrected chi connectivity index (χ1v) is 36.6. The lowest BCUT2D eigenvalue weighted by atomic mass is 9.96. The predicted molar refractivity (Wildman–Crippen MR) is 341 cm³/mol. The number of fused-ring (bicyclic) bond motifs is 3. The van der Waals surface area contributed by atoms with Crippen LogP contribution in [0.3, 0.4) is 0 Å². The largest absolute Gasteiger partial charge is 0.463 e. The highest BCUT2D eigenvalue weighted by atomic mass is 16.8. The molecular formula is C68H120O30. The molecule has 32 atom stereocenters. The lowest BCUT2D eigenvalue weighted by Crippen LogP contribution is -2.66. The molecule has 7 saturated heterocycles. The summed E-state index contributed by atoms with van der Waals surface area (Å²) in [6, 6.07) is 0. The number of aliphatic hydroxyl groups excluding tert-OH is 14. The summed E-state index contributed by atoms with van der Waals surface area (Å²) in [5.41, 5.74) is 0. The van der Waals surface area contributed by atoms with Gasteiger partial charge in [-0.2, -0.15) is 0 Å². The molecule has 98 heavy (non-hydrogen) atoms. The highest BCUT2D eigenvalue weighted by Gasteiger charge is 2.57. The second-order valence-corrected chi connectivity index (χ2v) is 28.1. The number of aliphatic hydroxyl groups is 14. The van der Waals surface area contributed by atoms with Crippen LogP contribution < -0.4 is 0 Å². The quantitative estimate of drug-likeness (QED) is 0.0404. The van der Waals surface area contributed by atoms with Gasteiger partial charge in [0.2, 0.25) is 0 Å². The number of esters is 2. The van der Waals surface area contributed by atoms with Gasteiger partial charge in [-0.15, -0.1) is 0 Å². The first-order chi connectivity index (χ1) is 46.9. The molecule has 0 saturated carbocycles. The Balaban J connectivity index is 0.938. The Bertz CT molecular complexity index is 2250. The number of rotatable bonds is 27. The van der Waals surface area contributed by atoms with E-state index < -0.39 is 215 Å². The van der Waals surface area contributed by atoms with Crippen LogP contribution >= 0.6 is 0 Å². The van der Waals surface area contributed by atoms with Crippen LogP contribution in [-0.2, 0) is 75.9 Å². The topological polar surface area (TPSA) is 447 Å². The van der Waals surface area contributed by atoms with Gasteiger partial charge in [0.1, 0.15) is 123 Å². The van der Waals surface area contributed by atoms with Crippen LogP contribution in [0.5, 0.6) is 0 Å². The summed E-state index contributed by atoms with van der Waals surface area (Å²) >= 11 is 0. The maximum absolute atomic E-state index is 13.4. The smallest absolute Gasteiger partial charge is 0.306 e. The Hall–Kier alpha value is -2.10. The lowest BCUT2D eigenvalue weighted by Gasteiger charge is -2.49. The highest BCUT2D eigenvalue weighted by molar-refractivity contribution is 5.69. The number of hydrogen-bond acceptors (Lipinski definition) is 30. The molecule has 572 valence electrons. The van der Waals surface area contributed by atoms with Crippen LogP contribution in [0.15, 0.2) is 0 Å². The van der Waals surface area contributed by atoms with Crippen LogP contribution in [0.2, 0.25) is 0 Å². The van der Waals surface area contributed by atoms with E-state index in [9.17, 15) is 81.1 Å². The van der Waals surface area contributed by atoms with E-state index in [0.717, 1.165) is 109 Å². The van der Waals surface area contributed by atoms with Crippen molar-refractivity contribution in [2.75, 3.05) is 13.2 Å². The van der Waals surface area contributed by atoms with E-state index in [1.165, 1.54) is 13.8 Å². The summed E-state index contributed by atoms with van der Waals surface area (Å²) in [4.78, 5) is 26.6. The predicted octanol–water partition coefficient (Wildman–Crippen LogP) is 1.06. The monoisotopic (exact) mass is 1420 g/mol. The SMILES string of the molecule is CCCCC[C@H](CCCCCCCCCC(=O)OC[C@H]1O[C@H]2O[C@H]3[C@H](O[C@@H](CCCCC)CCCCCCCCCC(=O)O[C@H]4[C@H](O[C@@H]2[C@@H](O)[C@@H]1O)O[C@H](C)[C@@H](O)[C@@H]4O)O[C@H](C)[C@H](O)[C@@H]3O)O[C@@H]1O[C@H](C)[C@H](O)[C@H](O)[C@H]1O[C@@H]1O[C@H](CO)[C@@H](O)[C@H](O)[C@H]1O[C@@H]1O[C@H](C)[C@@H](O)[C@H](O)[C@H]1O. The summed E-state index contributed by atoms with van der Waals surface area (Å²) in [6.45, 7) is 8.84. The molecule has 7 aliphatic rings. The van der Waals surface area contributed by atoms with Crippen molar-refractivity contribution >= 4 is 11.9 Å². The molecule has 0 aromatic rings. The van der Waals surface area contributed by atoms with Crippen molar-refractivity contribution in [3.63, 3.8) is 0 Å². The molecule has 0 unspecified atom stereocenters. The van der Waals surface area contributed by atoms with Crippen LogP contribution in [0, 0.1) is 0 Å². The first-order valence-electron chi connectivity index (χ1n) is 36.6. The van der Waals surface area contributed by atoms with Gasteiger partial charge in [0, 0.05) is 12.8 Å². The number of carbonyl (C=O) groups is 2. The average Bonchev–Trinajstić information content (AvgIpc) is 0.781. The second kappa shape index (κ2) is 41.6. The number of carbonyl (C=O) groups excluding carboxylic acids is 2. The summed E-state index contributed by atoms with van der Waals surface area (Å²) in [5, 5.41) is 155. The first kappa shape index (κ1) is 83.2. The van der Waals surface area contributed by atoms with Crippen LogP contribution in [0.25, 0.3) is 0 Å². The summed E-state index contributed by atoms with van der Waals surface area (Å²) in [7, 11) is 0. The number of ether oxygens (including phenoxy) is 14. The van der Waals surface area contributed by atoms with Gasteiger partial charge in [-0.3, -0.25) is 9.59 Å². The molecule has 30 nitrogen and oxygen atoms in total. The van der Waals surface area contributed by atoms with Gasteiger partial charge >= 0.3 is 11.9 Å². The summed E-state index contributed by atoms with van der Waals surface area (Å²) < 4.78 is 85.6. The van der Waals surface area contributed by atoms with Crippen molar-refractivity contribution in [2.45, 2.75) is 405 Å². The van der Waals surface area contributed by atoms with E-state index in [-0.39, 0.29) is 18.9 Å². The van der Waals surface area contributed by atoms with Gasteiger partial charge in [0.15, 0.2) is 43.8 Å². The van der Waals surface area contributed by atoms with Crippen molar-refractivity contribution in [1.82, 2.24) is 0 Å². The molecule has 0 spiro atoms. The van der Waals surface area contributed by atoms with Crippen molar-refractivity contribution in [3.8, 4) is 0 Å². The van der Waals surface area contributed by atoms with E-state index in [1.54, 1.807) is 13.8 Å². The minimum Gasteiger partial charge on any atom is -0.463 e. The second-order valence-electron chi connectivity index (χ2n) is 28.1. The zero-order chi connectivity index (χ0) is 71.3. The number of unbranched alkanes of at least 4 members (excludes halogenated alkanes) is 10. The molecule has 7 rings (SSSR count). The third-order valence-corrected chi connectivity index (χ3v) is 20.2. The molecule has 0 aromatic heterocycles. The fraction of sp³-hybridized carbons (Fsp3) is 0.971. The Morgan fingerprint density at radius 2 is 0.908 bits per heavy atom. The fourth-order valence-corrected chi connectivity index (χ4v) is 13.8. The molecule has 30 heteroatoms. The minimum absolute atomic E-state index is 0.00519. The Morgan fingerprint density at radius 3 is 1.54 bits per heavy atom. The minimum atomic E-state index is -1.91. The maximum atomic E-state index is 13.4. The molecule has 7 fully saturated rings. The molecule has 7 heterocycles. The van der Waals surface area contributed by atoms with E-state index in [0.29, 0.717) is 44.9 Å². The number of hydrogen-bond donors (Lipinski definition) is 14. The van der Waals surface area contributed by atoms with Crippen molar-refractivity contribution in [1.29, 1.82) is 0 Å². The molecule has 7 aliphatic heterocycles. The molecule has 14 N–H and O–H groups in total. The normalized spacial score (nSPS) is 43.3. The molecular weight excluding hydrogens is 1300 g/mol. The lowest BCUT2D eigenvalue weighted by molar-refractivity contribution is -0.393. The van der Waals surface area contributed by atoms with Crippen LogP contribution in [0.1, 0.15) is 208 Å². The average molecular weight is 1420 g/mol. The summed E-state index contributed by atoms with van der Waals surface area (Å²) in [5.74, 6) is -1.30. The van der Waals surface area contributed by atoms with Gasteiger partial charge in [-0.25, -0.2) is 0 Å². The van der Waals surface area contributed by atoms with Crippen LogP contribution in [-0.4, -0.2) is 293 Å². The zero-order valence-electron chi connectivity index (χ0n) is 58.1. The van der Waals surface area contributed by atoms with Gasteiger partial charge in [-0.1, -0.05) is 129 Å². The Labute approximate surface area is 575 Å². The summed E-state index contributed by atoms with van der Waals surface area (Å²) in [6.07, 6.45) is -27.9. The zero-order valence-corrected chi connectivity index (χ0v) is 58.1. The van der Waals surface area contributed by atoms with Crippen molar-refractivity contribution in [2.24, 2.45) is 0 Å².